The van der Waals surface area contributed by atoms with E-state index in [4.69, 9.17) is 9.47 Å². The standard InChI is InChI=1S/C21H38O4/c1-6-7-13-24-19(22)17-10-8-9-11-18(17)20(23)25-14-12-16(2)15-21(3,4)5/h16-18H,6-15H2,1-5H3. The van der Waals surface area contributed by atoms with Crippen molar-refractivity contribution in [3.63, 3.8) is 0 Å². The van der Waals surface area contributed by atoms with E-state index in [0.29, 0.717) is 24.5 Å². The molecule has 4 heteroatoms. The van der Waals surface area contributed by atoms with Crippen molar-refractivity contribution in [2.24, 2.45) is 23.2 Å². The Morgan fingerprint density at radius 2 is 1.52 bits per heavy atom. The monoisotopic (exact) mass is 354 g/mol. The highest BCUT2D eigenvalue weighted by molar-refractivity contribution is 5.82. The van der Waals surface area contributed by atoms with Crippen LogP contribution in [0.1, 0.15) is 86.0 Å². The molecule has 1 rings (SSSR count). The van der Waals surface area contributed by atoms with Crippen molar-refractivity contribution in [3.8, 4) is 0 Å². The fourth-order valence-corrected chi connectivity index (χ4v) is 3.73. The summed E-state index contributed by atoms with van der Waals surface area (Å²) >= 11 is 0. The van der Waals surface area contributed by atoms with E-state index in [1.807, 2.05) is 0 Å². The lowest BCUT2D eigenvalue weighted by molar-refractivity contribution is -0.163. The molecule has 0 heterocycles. The molecule has 4 nitrogen and oxygen atoms in total. The third-order valence-corrected chi connectivity index (χ3v) is 4.93. The van der Waals surface area contributed by atoms with Gasteiger partial charge in [0.2, 0.25) is 0 Å². The zero-order chi connectivity index (χ0) is 18.9. The molecule has 0 saturated heterocycles. The zero-order valence-electron chi connectivity index (χ0n) is 16.9. The van der Waals surface area contributed by atoms with Crippen molar-refractivity contribution in [3.05, 3.63) is 0 Å². The van der Waals surface area contributed by atoms with E-state index in [0.717, 1.165) is 51.4 Å². The third-order valence-electron chi connectivity index (χ3n) is 4.93. The second-order valence-corrected chi connectivity index (χ2v) is 8.84. The SMILES string of the molecule is CCCCOC(=O)C1CCCCC1C(=O)OCCC(C)CC(C)(C)C. The van der Waals surface area contributed by atoms with Gasteiger partial charge < -0.3 is 9.47 Å². The first kappa shape index (κ1) is 22.0. The zero-order valence-corrected chi connectivity index (χ0v) is 16.9. The van der Waals surface area contributed by atoms with Crippen LogP contribution in [0.2, 0.25) is 0 Å². The molecule has 3 unspecified atom stereocenters. The van der Waals surface area contributed by atoms with E-state index in [2.05, 4.69) is 34.6 Å². The highest BCUT2D eigenvalue weighted by Gasteiger charge is 2.37. The largest absolute Gasteiger partial charge is 0.465 e. The summed E-state index contributed by atoms with van der Waals surface area (Å²) in [6.45, 7) is 11.9. The van der Waals surface area contributed by atoms with Gasteiger partial charge in [0.15, 0.2) is 0 Å². The van der Waals surface area contributed by atoms with Crippen LogP contribution in [0.5, 0.6) is 0 Å². The van der Waals surface area contributed by atoms with Crippen molar-refractivity contribution in [1.29, 1.82) is 0 Å². The van der Waals surface area contributed by atoms with Crippen LogP contribution in [0, 0.1) is 23.2 Å². The molecular formula is C21H38O4. The topological polar surface area (TPSA) is 52.6 Å². The van der Waals surface area contributed by atoms with Gasteiger partial charge in [-0.15, -0.1) is 0 Å². The Morgan fingerprint density at radius 1 is 1.00 bits per heavy atom. The van der Waals surface area contributed by atoms with Crippen LogP contribution in [-0.4, -0.2) is 25.2 Å². The Bertz CT molecular complexity index is 411. The smallest absolute Gasteiger partial charge is 0.309 e. The minimum absolute atomic E-state index is 0.208. The molecular weight excluding hydrogens is 316 g/mol. The molecule has 0 radical (unpaired) electrons. The first-order valence-electron chi connectivity index (χ1n) is 10.1. The Hall–Kier alpha value is -1.06. The van der Waals surface area contributed by atoms with E-state index >= 15 is 0 Å². The van der Waals surface area contributed by atoms with E-state index in [9.17, 15) is 9.59 Å². The van der Waals surface area contributed by atoms with Crippen LogP contribution in [0.15, 0.2) is 0 Å². The van der Waals surface area contributed by atoms with E-state index in [1.54, 1.807) is 0 Å². The van der Waals surface area contributed by atoms with Crippen LogP contribution < -0.4 is 0 Å². The van der Waals surface area contributed by atoms with Crippen molar-refractivity contribution < 1.29 is 19.1 Å². The predicted octanol–water partition coefficient (Wildman–Crippen LogP) is 5.14. The van der Waals surface area contributed by atoms with Crippen LogP contribution in [-0.2, 0) is 19.1 Å². The Kier molecular flexibility index (Phi) is 9.52. The number of esters is 2. The van der Waals surface area contributed by atoms with Gasteiger partial charge in [0.1, 0.15) is 0 Å². The van der Waals surface area contributed by atoms with Gasteiger partial charge >= 0.3 is 11.9 Å². The van der Waals surface area contributed by atoms with Gasteiger partial charge in [-0.2, -0.15) is 0 Å². The summed E-state index contributed by atoms with van der Waals surface area (Å²) in [7, 11) is 0. The van der Waals surface area contributed by atoms with Crippen molar-refractivity contribution in [2.75, 3.05) is 13.2 Å². The minimum Gasteiger partial charge on any atom is -0.465 e. The van der Waals surface area contributed by atoms with Crippen molar-refractivity contribution in [2.45, 2.75) is 86.0 Å². The van der Waals surface area contributed by atoms with E-state index < -0.39 is 0 Å². The quantitative estimate of drug-likeness (QED) is 0.425. The maximum absolute atomic E-state index is 12.5. The molecule has 1 aliphatic rings. The van der Waals surface area contributed by atoms with Crippen LogP contribution >= 0.6 is 0 Å². The predicted molar refractivity (Wildman–Crippen MR) is 100 cm³/mol. The number of ether oxygens (including phenoxy) is 2. The Labute approximate surface area is 154 Å². The Balaban J connectivity index is 2.44. The average Bonchev–Trinajstić information content (AvgIpc) is 2.53. The minimum atomic E-state index is -0.319. The molecule has 0 aromatic rings. The number of carbonyl (C=O) groups excluding carboxylic acids is 2. The summed E-state index contributed by atoms with van der Waals surface area (Å²) in [5, 5.41) is 0. The molecule has 0 aliphatic heterocycles. The van der Waals surface area contributed by atoms with Crippen molar-refractivity contribution >= 4 is 11.9 Å². The molecule has 0 amide bonds. The molecule has 1 fully saturated rings. The fraction of sp³-hybridized carbons (Fsp3) is 0.905. The molecule has 0 aromatic carbocycles. The third kappa shape index (κ3) is 8.73. The Morgan fingerprint density at radius 3 is 2.00 bits per heavy atom. The lowest BCUT2D eigenvalue weighted by Crippen LogP contribution is -2.35. The molecule has 0 spiro atoms. The number of carbonyl (C=O) groups is 2. The second kappa shape index (κ2) is 10.8. The van der Waals surface area contributed by atoms with Crippen molar-refractivity contribution in [1.82, 2.24) is 0 Å². The normalized spacial score (nSPS) is 22.3. The molecule has 0 aromatic heterocycles. The lowest BCUT2D eigenvalue weighted by Gasteiger charge is -2.28. The van der Waals surface area contributed by atoms with Gasteiger partial charge in [0.05, 0.1) is 25.0 Å². The number of rotatable bonds is 9. The molecule has 0 N–H and O–H groups in total. The molecule has 0 bridgehead atoms. The molecule has 146 valence electrons. The van der Waals surface area contributed by atoms with Gasteiger partial charge in [-0.05, 0) is 43.4 Å². The van der Waals surface area contributed by atoms with Crippen LogP contribution in [0.3, 0.4) is 0 Å². The average molecular weight is 355 g/mol. The molecule has 1 saturated carbocycles. The molecule has 25 heavy (non-hydrogen) atoms. The molecule has 1 aliphatic carbocycles. The number of hydrogen-bond acceptors (Lipinski definition) is 4. The number of unbranched alkanes of at least 4 members (excludes halogenated alkanes) is 1. The second-order valence-electron chi connectivity index (χ2n) is 8.84. The summed E-state index contributed by atoms with van der Waals surface area (Å²) < 4.78 is 10.9. The van der Waals surface area contributed by atoms with E-state index in [1.165, 1.54) is 0 Å². The van der Waals surface area contributed by atoms with Crippen LogP contribution in [0.4, 0.5) is 0 Å². The maximum Gasteiger partial charge on any atom is 0.309 e. The van der Waals surface area contributed by atoms with Gasteiger partial charge in [-0.3, -0.25) is 9.59 Å². The maximum atomic E-state index is 12.5. The number of hydrogen-bond donors (Lipinski definition) is 0. The summed E-state index contributed by atoms with van der Waals surface area (Å²) in [4.78, 5) is 24.8. The first-order valence-corrected chi connectivity index (χ1v) is 10.1. The van der Waals surface area contributed by atoms with E-state index in [-0.39, 0.29) is 23.8 Å². The summed E-state index contributed by atoms with van der Waals surface area (Å²) in [5.41, 5.74) is 0.292. The van der Waals surface area contributed by atoms with Gasteiger partial charge in [-0.25, -0.2) is 0 Å². The summed E-state index contributed by atoms with van der Waals surface area (Å²) in [5.74, 6) is -0.531. The summed E-state index contributed by atoms with van der Waals surface area (Å²) in [6.07, 6.45) is 7.31. The fourth-order valence-electron chi connectivity index (χ4n) is 3.73. The van der Waals surface area contributed by atoms with Gasteiger partial charge in [-0.1, -0.05) is 53.9 Å². The first-order chi connectivity index (χ1) is 11.7. The van der Waals surface area contributed by atoms with Gasteiger partial charge in [0, 0.05) is 0 Å². The summed E-state index contributed by atoms with van der Waals surface area (Å²) in [6, 6.07) is 0. The molecule has 3 atom stereocenters. The van der Waals surface area contributed by atoms with Crippen LogP contribution in [0.25, 0.3) is 0 Å². The highest BCUT2D eigenvalue weighted by atomic mass is 16.5. The lowest BCUT2D eigenvalue weighted by atomic mass is 9.79. The highest BCUT2D eigenvalue weighted by Crippen LogP contribution is 2.32. The van der Waals surface area contributed by atoms with Gasteiger partial charge in [0.25, 0.3) is 0 Å².